The van der Waals surface area contributed by atoms with Gasteiger partial charge >= 0.3 is 0 Å². The Balaban J connectivity index is 2.60. The Morgan fingerprint density at radius 3 is 1.36 bits per heavy atom. The van der Waals surface area contributed by atoms with Gasteiger partial charge in [0.1, 0.15) is 8.07 Å². The fourth-order valence-electron chi connectivity index (χ4n) is 3.02. The summed E-state index contributed by atoms with van der Waals surface area (Å²) >= 11 is 18.8. The third kappa shape index (κ3) is 4.18. The summed E-state index contributed by atoms with van der Waals surface area (Å²) in [4.78, 5) is 0. The highest BCUT2D eigenvalue weighted by molar-refractivity contribution is 7.12. The summed E-state index contributed by atoms with van der Waals surface area (Å²) in [6.45, 7) is 7.23. The Labute approximate surface area is 150 Å². The molecule has 2 aromatic rings. The van der Waals surface area contributed by atoms with Crippen LogP contribution in [-0.4, -0.2) is 21.7 Å². The van der Waals surface area contributed by atoms with E-state index in [1.165, 1.54) is 16.0 Å². The molecule has 2 aromatic carbocycles. The number of benzene rings is 2. The van der Waals surface area contributed by atoms with E-state index in [0.29, 0.717) is 5.50 Å². The Morgan fingerprint density at radius 1 is 0.727 bits per heavy atom. The van der Waals surface area contributed by atoms with Crippen molar-refractivity contribution in [2.24, 2.45) is 0 Å². The average Bonchev–Trinajstić information content (AvgIpc) is 2.45. The molecule has 0 radical (unpaired) electrons. The quantitative estimate of drug-likeness (QED) is 0.488. The second-order valence-electron chi connectivity index (χ2n) is 6.97. The second kappa shape index (κ2) is 7.10. The first kappa shape index (κ1) is 18.1. The summed E-state index contributed by atoms with van der Waals surface area (Å²) in [6.07, 6.45) is 0. The largest absolute Gasteiger partial charge is 0.130 e. The van der Waals surface area contributed by atoms with E-state index in [1.54, 1.807) is 0 Å². The molecule has 0 N–H and O–H groups in total. The topological polar surface area (TPSA) is 0 Å². The first-order valence-corrected chi connectivity index (χ1v) is 14.8. The van der Waals surface area contributed by atoms with E-state index in [4.69, 9.17) is 34.8 Å². The summed E-state index contributed by atoms with van der Waals surface area (Å²) in [5.41, 5.74) is 1.90. The molecular weight excluding hydrogens is 367 g/mol. The van der Waals surface area contributed by atoms with Crippen LogP contribution in [0.15, 0.2) is 48.5 Å². The summed E-state index contributed by atoms with van der Waals surface area (Å²) in [5, 5.41) is 4.25. The average molecular weight is 388 g/mol. The molecule has 0 aliphatic rings. The van der Waals surface area contributed by atoms with Gasteiger partial charge in [0.05, 0.1) is 0 Å². The van der Waals surface area contributed by atoms with Crippen molar-refractivity contribution >= 4 is 61.3 Å². The van der Waals surface area contributed by atoms with Crippen LogP contribution in [0.4, 0.5) is 0 Å². The van der Waals surface area contributed by atoms with Crippen molar-refractivity contribution < 1.29 is 0 Å². The van der Waals surface area contributed by atoms with Crippen LogP contribution in [0.2, 0.25) is 35.4 Å². The fourth-order valence-corrected chi connectivity index (χ4v) is 16.5. The Bertz CT molecular complexity index is 570. The molecule has 0 aliphatic heterocycles. The molecule has 0 amide bonds. The van der Waals surface area contributed by atoms with E-state index < -0.39 is 16.1 Å². The van der Waals surface area contributed by atoms with Crippen molar-refractivity contribution in [2.45, 2.75) is 25.3 Å². The molecule has 0 unspecified atom stereocenters. The predicted molar refractivity (Wildman–Crippen MR) is 107 cm³/mol. The number of rotatable bonds is 5. The minimum Gasteiger partial charge on any atom is -0.129 e. The van der Waals surface area contributed by atoms with Gasteiger partial charge in [-0.15, -0.1) is 11.6 Å². The van der Waals surface area contributed by atoms with Crippen molar-refractivity contribution in [2.75, 3.05) is 5.50 Å². The molecule has 0 saturated carbocycles. The number of hydrogen-bond donors (Lipinski definition) is 0. The lowest BCUT2D eigenvalue weighted by molar-refractivity contribution is 1.53. The zero-order chi connectivity index (χ0) is 16.4. The van der Waals surface area contributed by atoms with Gasteiger partial charge in [0.2, 0.25) is 0 Å². The highest BCUT2D eigenvalue weighted by Crippen LogP contribution is 2.23. The van der Waals surface area contributed by atoms with E-state index in [0.717, 1.165) is 10.0 Å². The predicted octanol–water partition coefficient (Wildman–Crippen LogP) is 5.21. The fraction of sp³-hybridized carbons (Fsp3) is 0.294. The molecule has 2 rings (SSSR count). The van der Waals surface area contributed by atoms with Crippen LogP contribution in [0, 0.1) is 0 Å². The standard InChI is InChI=1S/C17H21Cl3Si2/c1-21(2,3)13-22(12-18,16-8-4-14(19)5-9-16)17-10-6-15(20)7-11-17/h4-11H,12-13H2,1-3H3. The molecule has 0 nitrogen and oxygen atoms in total. The lowest BCUT2D eigenvalue weighted by Gasteiger charge is -2.36. The van der Waals surface area contributed by atoms with Gasteiger partial charge in [-0.1, -0.05) is 83.1 Å². The van der Waals surface area contributed by atoms with Gasteiger partial charge < -0.3 is 0 Å². The van der Waals surface area contributed by atoms with Gasteiger partial charge in [0, 0.05) is 23.6 Å². The van der Waals surface area contributed by atoms with Gasteiger partial charge in [-0.3, -0.25) is 0 Å². The van der Waals surface area contributed by atoms with E-state index in [2.05, 4.69) is 43.9 Å². The van der Waals surface area contributed by atoms with Gasteiger partial charge in [-0.25, -0.2) is 0 Å². The van der Waals surface area contributed by atoms with E-state index >= 15 is 0 Å². The van der Waals surface area contributed by atoms with Crippen LogP contribution in [0.1, 0.15) is 0 Å². The van der Waals surface area contributed by atoms with Crippen molar-refractivity contribution in [1.29, 1.82) is 0 Å². The highest BCUT2D eigenvalue weighted by Gasteiger charge is 2.40. The first-order valence-electron chi connectivity index (χ1n) is 7.35. The van der Waals surface area contributed by atoms with Crippen molar-refractivity contribution in [3.05, 3.63) is 58.6 Å². The monoisotopic (exact) mass is 386 g/mol. The van der Waals surface area contributed by atoms with Gasteiger partial charge in [-0.05, 0) is 24.3 Å². The van der Waals surface area contributed by atoms with Crippen LogP contribution >= 0.6 is 34.8 Å². The van der Waals surface area contributed by atoms with E-state index in [9.17, 15) is 0 Å². The van der Waals surface area contributed by atoms with Gasteiger partial charge in [-0.2, -0.15) is 0 Å². The lowest BCUT2D eigenvalue weighted by Crippen LogP contribution is -2.63. The summed E-state index contributed by atoms with van der Waals surface area (Å²) in [7, 11) is -3.29. The smallest absolute Gasteiger partial charge is 0.129 e. The highest BCUT2D eigenvalue weighted by atomic mass is 35.5. The van der Waals surface area contributed by atoms with Crippen molar-refractivity contribution in [3.8, 4) is 0 Å². The molecule has 0 spiro atoms. The van der Waals surface area contributed by atoms with Gasteiger partial charge in [0.25, 0.3) is 0 Å². The second-order valence-corrected chi connectivity index (χ2v) is 18.8. The van der Waals surface area contributed by atoms with Crippen LogP contribution in [-0.2, 0) is 0 Å². The molecule has 118 valence electrons. The van der Waals surface area contributed by atoms with Gasteiger partial charge in [0.15, 0.2) is 0 Å². The number of alkyl halides is 1. The Kier molecular flexibility index (Phi) is 5.84. The number of halogens is 3. The maximum atomic E-state index is 6.60. The summed E-state index contributed by atoms with van der Waals surface area (Å²) in [5.74, 6) is 0. The molecule has 0 atom stereocenters. The normalized spacial score (nSPS) is 12.5. The maximum Gasteiger partial charge on any atom is 0.130 e. The molecule has 0 aliphatic carbocycles. The maximum absolute atomic E-state index is 6.60. The SMILES string of the molecule is C[Si](C)(C)C[Si](CCl)(c1ccc(Cl)cc1)c1ccc(Cl)cc1. The molecule has 0 fully saturated rings. The van der Waals surface area contributed by atoms with Crippen LogP contribution in [0.25, 0.3) is 0 Å². The Hall–Kier alpha value is -0.256. The Morgan fingerprint density at radius 2 is 1.09 bits per heavy atom. The molecule has 5 heteroatoms. The van der Waals surface area contributed by atoms with E-state index in [-0.39, 0.29) is 0 Å². The van der Waals surface area contributed by atoms with E-state index in [1.807, 2.05) is 24.3 Å². The minimum absolute atomic E-state index is 0.681. The zero-order valence-corrected chi connectivity index (χ0v) is 17.4. The third-order valence-corrected chi connectivity index (χ3v) is 15.7. The van der Waals surface area contributed by atoms with Crippen LogP contribution in [0.5, 0.6) is 0 Å². The molecule has 22 heavy (non-hydrogen) atoms. The molecule has 0 saturated heterocycles. The molecule has 0 bridgehead atoms. The minimum atomic E-state index is -1.99. The first-order chi connectivity index (χ1) is 10.3. The van der Waals surface area contributed by atoms with Crippen LogP contribution < -0.4 is 10.4 Å². The molecular formula is C17H21Cl3Si2. The summed E-state index contributed by atoms with van der Waals surface area (Å²) in [6, 6.07) is 16.5. The van der Waals surface area contributed by atoms with Crippen molar-refractivity contribution in [1.82, 2.24) is 0 Å². The summed E-state index contributed by atoms with van der Waals surface area (Å²) < 4.78 is 0. The zero-order valence-electron chi connectivity index (χ0n) is 13.2. The molecule has 0 heterocycles. The molecule has 0 aromatic heterocycles. The van der Waals surface area contributed by atoms with Crippen LogP contribution in [0.3, 0.4) is 0 Å². The van der Waals surface area contributed by atoms with Crippen molar-refractivity contribution in [3.63, 3.8) is 0 Å². The third-order valence-electron chi connectivity index (χ3n) is 3.85. The number of hydrogen-bond acceptors (Lipinski definition) is 0. The lowest BCUT2D eigenvalue weighted by atomic mass is 10.4.